The minimum atomic E-state index is 0.0907. The van der Waals surface area contributed by atoms with Crippen LogP contribution in [0.2, 0.25) is 0 Å². The molecule has 1 aromatic heterocycles. The van der Waals surface area contributed by atoms with Gasteiger partial charge in [0.2, 0.25) is 0 Å². The van der Waals surface area contributed by atoms with Crippen molar-refractivity contribution in [2.75, 3.05) is 6.54 Å². The SMILES string of the molecule is Cn1nc(C(C)(C)C)c(Br)c1C1CCCN1. The van der Waals surface area contributed by atoms with Crippen LogP contribution < -0.4 is 5.32 Å². The molecule has 1 aliphatic rings. The molecule has 0 radical (unpaired) electrons. The van der Waals surface area contributed by atoms with Crippen LogP contribution in [0.5, 0.6) is 0 Å². The van der Waals surface area contributed by atoms with Gasteiger partial charge >= 0.3 is 0 Å². The molecule has 4 heteroatoms. The molecule has 1 aliphatic heterocycles. The van der Waals surface area contributed by atoms with E-state index >= 15 is 0 Å². The third kappa shape index (κ3) is 2.05. The molecule has 0 amide bonds. The van der Waals surface area contributed by atoms with Crippen LogP contribution in [-0.2, 0) is 12.5 Å². The van der Waals surface area contributed by atoms with Gasteiger partial charge in [-0.25, -0.2) is 0 Å². The Hall–Kier alpha value is -0.350. The van der Waals surface area contributed by atoms with Crippen LogP contribution in [0.15, 0.2) is 4.47 Å². The van der Waals surface area contributed by atoms with E-state index in [-0.39, 0.29) is 5.41 Å². The summed E-state index contributed by atoms with van der Waals surface area (Å²) >= 11 is 3.72. The van der Waals surface area contributed by atoms with Gasteiger partial charge < -0.3 is 5.32 Å². The van der Waals surface area contributed by atoms with E-state index < -0.39 is 0 Å². The maximum Gasteiger partial charge on any atom is 0.0823 e. The standard InChI is InChI=1S/C12H20BrN3/c1-12(2,3)11-9(13)10(16(4)15-11)8-6-5-7-14-8/h8,14H,5-7H2,1-4H3. The van der Waals surface area contributed by atoms with Gasteiger partial charge in [-0.1, -0.05) is 20.8 Å². The van der Waals surface area contributed by atoms with Crippen LogP contribution >= 0.6 is 15.9 Å². The van der Waals surface area contributed by atoms with Gasteiger partial charge in [0.15, 0.2) is 0 Å². The maximum absolute atomic E-state index is 4.66. The normalized spacial score (nSPS) is 21.7. The second kappa shape index (κ2) is 4.15. The van der Waals surface area contributed by atoms with E-state index in [9.17, 15) is 0 Å². The number of aryl methyl sites for hydroxylation is 1. The average Bonchev–Trinajstić information content (AvgIpc) is 2.72. The predicted octanol–water partition coefficient (Wildman–Crippen LogP) is 2.90. The molecule has 16 heavy (non-hydrogen) atoms. The fourth-order valence-electron chi connectivity index (χ4n) is 2.29. The lowest BCUT2D eigenvalue weighted by Gasteiger charge is -2.16. The zero-order valence-corrected chi connectivity index (χ0v) is 12.1. The molecule has 1 saturated heterocycles. The largest absolute Gasteiger partial charge is 0.309 e. The summed E-state index contributed by atoms with van der Waals surface area (Å²) in [5, 5.41) is 8.18. The monoisotopic (exact) mass is 285 g/mol. The van der Waals surface area contributed by atoms with Crippen molar-refractivity contribution in [2.45, 2.75) is 45.1 Å². The quantitative estimate of drug-likeness (QED) is 0.860. The number of rotatable bonds is 1. The molecule has 2 heterocycles. The minimum Gasteiger partial charge on any atom is -0.309 e. The topological polar surface area (TPSA) is 29.9 Å². The highest BCUT2D eigenvalue weighted by molar-refractivity contribution is 9.10. The third-order valence-electron chi connectivity index (χ3n) is 3.13. The van der Waals surface area contributed by atoms with E-state index in [1.165, 1.54) is 23.0 Å². The molecule has 0 spiro atoms. The molecular weight excluding hydrogens is 266 g/mol. The molecular formula is C12H20BrN3. The van der Waals surface area contributed by atoms with E-state index in [4.69, 9.17) is 0 Å². The third-order valence-corrected chi connectivity index (χ3v) is 3.91. The smallest absolute Gasteiger partial charge is 0.0823 e. The molecule has 1 atom stereocenters. The summed E-state index contributed by atoms with van der Waals surface area (Å²) in [7, 11) is 2.04. The van der Waals surface area contributed by atoms with Crippen LogP contribution in [0.1, 0.15) is 51.0 Å². The zero-order chi connectivity index (χ0) is 11.9. The van der Waals surface area contributed by atoms with Crippen LogP contribution in [0.4, 0.5) is 0 Å². The average molecular weight is 286 g/mol. The molecule has 90 valence electrons. The van der Waals surface area contributed by atoms with E-state index in [0.29, 0.717) is 6.04 Å². The Balaban J connectivity index is 2.42. The lowest BCUT2D eigenvalue weighted by molar-refractivity contribution is 0.541. The first-order chi connectivity index (χ1) is 7.41. The van der Waals surface area contributed by atoms with Gasteiger partial charge in [-0.15, -0.1) is 0 Å². The lowest BCUT2D eigenvalue weighted by Crippen LogP contribution is -2.16. The first-order valence-electron chi connectivity index (χ1n) is 5.87. The highest BCUT2D eigenvalue weighted by atomic mass is 79.9. The molecule has 1 aromatic rings. The Morgan fingerprint density at radius 2 is 2.12 bits per heavy atom. The Labute approximate surface area is 106 Å². The fourth-order valence-corrected chi connectivity index (χ4v) is 3.49. The van der Waals surface area contributed by atoms with Gasteiger partial charge in [-0.3, -0.25) is 4.68 Å². The number of halogens is 1. The van der Waals surface area contributed by atoms with Crippen LogP contribution in [0.3, 0.4) is 0 Å². The van der Waals surface area contributed by atoms with Crippen LogP contribution in [-0.4, -0.2) is 16.3 Å². The van der Waals surface area contributed by atoms with Crippen molar-refractivity contribution in [3.63, 3.8) is 0 Å². The fraction of sp³-hybridized carbons (Fsp3) is 0.750. The Kier molecular flexibility index (Phi) is 3.14. The molecule has 0 aliphatic carbocycles. The van der Waals surface area contributed by atoms with Crippen LogP contribution in [0.25, 0.3) is 0 Å². The Morgan fingerprint density at radius 3 is 2.56 bits per heavy atom. The van der Waals surface area contributed by atoms with Gasteiger partial charge in [-0.2, -0.15) is 5.10 Å². The van der Waals surface area contributed by atoms with Crippen molar-refractivity contribution in [3.05, 3.63) is 15.9 Å². The van der Waals surface area contributed by atoms with Crippen molar-refractivity contribution in [1.29, 1.82) is 0 Å². The highest BCUT2D eigenvalue weighted by Gasteiger charge is 2.29. The number of nitrogens with zero attached hydrogens (tertiary/aromatic N) is 2. The molecule has 1 fully saturated rings. The maximum atomic E-state index is 4.66. The molecule has 1 N–H and O–H groups in total. The molecule has 3 nitrogen and oxygen atoms in total. The zero-order valence-electron chi connectivity index (χ0n) is 10.5. The Morgan fingerprint density at radius 1 is 1.44 bits per heavy atom. The predicted molar refractivity (Wildman–Crippen MR) is 69.6 cm³/mol. The second-order valence-corrected chi connectivity index (χ2v) is 6.36. The highest BCUT2D eigenvalue weighted by Crippen LogP contribution is 2.36. The van der Waals surface area contributed by atoms with Gasteiger partial charge in [-0.05, 0) is 35.3 Å². The summed E-state index contributed by atoms with van der Waals surface area (Å²) in [4.78, 5) is 0. The van der Waals surface area contributed by atoms with E-state index in [1.54, 1.807) is 0 Å². The first-order valence-corrected chi connectivity index (χ1v) is 6.67. The second-order valence-electron chi connectivity index (χ2n) is 5.57. The number of nitrogens with one attached hydrogen (secondary N) is 1. The summed E-state index contributed by atoms with van der Waals surface area (Å²) in [5.74, 6) is 0. The van der Waals surface area contributed by atoms with E-state index in [0.717, 1.165) is 12.2 Å². The summed E-state index contributed by atoms with van der Waals surface area (Å²) in [5.41, 5.74) is 2.54. The van der Waals surface area contributed by atoms with Gasteiger partial charge in [0.05, 0.1) is 21.9 Å². The molecule has 2 rings (SSSR count). The molecule has 0 aromatic carbocycles. The molecule has 0 bridgehead atoms. The molecule has 0 saturated carbocycles. The number of hydrogen-bond acceptors (Lipinski definition) is 2. The van der Waals surface area contributed by atoms with E-state index in [2.05, 4.69) is 47.1 Å². The van der Waals surface area contributed by atoms with Crippen molar-refractivity contribution in [3.8, 4) is 0 Å². The lowest BCUT2D eigenvalue weighted by atomic mass is 9.92. The van der Waals surface area contributed by atoms with Crippen molar-refractivity contribution in [1.82, 2.24) is 15.1 Å². The van der Waals surface area contributed by atoms with Gasteiger partial charge in [0.25, 0.3) is 0 Å². The number of hydrogen-bond donors (Lipinski definition) is 1. The minimum absolute atomic E-state index is 0.0907. The Bertz CT molecular complexity index is 384. The van der Waals surface area contributed by atoms with Crippen molar-refractivity contribution >= 4 is 15.9 Å². The van der Waals surface area contributed by atoms with Crippen molar-refractivity contribution in [2.24, 2.45) is 7.05 Å². The summed E-state index contributed by atoms with van der Waals surface area (Å²) in [6.07, 6.45) is 2.47. The van der Waals surface area contributed by atoms with Crippen molar-refractivity contribution < 1.29 is 0 Å². The van der Waals surface area contributed by atoms with Gasteiger partial charge in [0.1, 0.15) is 0 Å². The summed E-state index contributed by atoms with van der Waals surface area (Å²) in [6.45, 7) is 7.72. The number of aromatic nitrogens is 2. The first kappa shape index (κ1) is 12.1. The summed E-state index contributed by atoms with van der Waals surface area (Å²) in [6, 6.07) is 0.461. The van der Waals surface area contributed by atoms with Crippen LogP contribution in [0, 0.1) is 0 Å². The van der Waals surface area contributed by atoms with Gasteiger partial charge in [0, 0.05) is 12.5 Å². The summed E-state index contributed by atoms with van der Waals surface area (Å²) < 4.78 is 3.20. The van der Waals surface area contributed by atoms with E-state index in [1.807, 2.05) is 11.7 Å². The molecule has 1 unspecified atom stereocenters.